The largest absolute Gasteiger partial charge is 0.479 e. The standard InChI is InChI=1S/C11H11N3O2/c1-15-10-9(12)7-13-11(14-10)16-8-5-3-2-4-6-8/h2-7H,12H2,1H3. The van der Waals surface area contributed by atoms with Crippen LogP contribution in [0.4, 0.5) is 5.69 Å². The molecule has 0 spiro atoms. The number of rotatable bonds is 3. The smallest absolute Gasteiger partial charge is 0.325 e. The van der Waals surface area contributed by atoms with Crippen molar-refractivity contribution in [2.75, 3.05) is 12.8 Å². The van der Waals surface area contributed by atoms with E-state index in [1.165, 1.54) is 13.3 Å². The van der Waals surface area contributed by atoms with Gasteiger partial charge in [0, 0.05) is 0 Å². The number of hydrogen-bond acceptors (Lipinski definition) is 5. The van der Waals surface area contributed by atoms with Gasteiger partial charge in [0.25, 0.3) is 0 Å². The summed E-state index contributed by atoms with van der Waals surface area (Å²) in [6.07, 6.45) is 1.45. The van der Waals surface area contributed by atoms with Crippen LogP contribution in [0.1, 0.15) is 0 Å². The van der Waals surface area contributed by atoms with E-state index in [2.05, 4.69) is 9.97 Å². The maximum atomic E-state index is 5.59. The zero-order chi connectivity index (χ0) is 11.4. The van der Waals surface area contributed by atoms with Crippen molar-refractivity contribution in [2.24, 2.45) is 0 Å². The lowest BCUT2D eigenvalue weighted by atomic mass is 10.3. The summed E-state index contributed by atoms with van der Waals surface area (Å²) in [6, 6.07) is 9.46. The van der Waals surface area contributed by atoms with Crippen LogP contribution in [0.15, 0.2) is 36.5 Å². The number of hydrogen-bond donors (Lipinski definition) is 1. The second-order valence-electron chi connectivity index (χ2n) is 3.03. The summed E-state index contributed by atoms with van der Waals surface area (Å²) in [7, 11) is 1.49. The fourth-order valence-electron chi connectivity index (χ4n) is 1.17. The van der Waals surface area contributed by atoms with Gasteiger partial charge >= 0.3 is 6.01 Å². The van der Waals surface area contributed by atoms with Crippen LogP contribution in [0.5, 0.6) is 17.6 Å². The van der Waals surface area contributed by atoms with E-state index in [1.807, 2.05) is 30.3 Å². The molecule has 1 aromatic carbocycles. The van der Waals surface area contributed by atoms with Crippen molar-refractivity contribution >= 4 is 5.69 Å². The molecule has 1 heterocycles. The SMILES string of the molecule is COc1nc(Oc2ccccc2)ncc1N. The highest BCUT2D eigenvalue weighted by Gasteiger charge is 2.05. The third-order valence-electron chi connectivity index (χ3n) is 1.90. The topological polar surface area (TPSA) is 70.3 Å². The second-order valence-corrected chi connectivity index (χ2v) is 3.03. The molecule has 1 aromatic heterocycles. The summed E-state index contributed by atoms with van der Waals surface area (Å²) in [5.74, 6) is 0.968. The van der Waals surface area contributed by atoms with Crippen LogP contribution in [0.2, 0.25) is 0 Å². The normalized spacial score (nSPS) is 9.81. The highest BCUT2D eigenvalue weighted by molar-refractivity contribution is 5.46. The summed E-state index contributed by atoms with van der Waals surface area (Å²) in [6.45, 7) is 0. The Morgan fingerprint density at radius 1 is 1.19 bits per heavy atom. The number of para-hydroxylation sites is 1. The molecule has 2 rings (SSSR count). The van der Waals surface area contributed by atoms with Gasteiger partial charge in [0.1, 0.15) is 11.4 Å². The molecule has 0 atom stereocenters. The first-order valence-corrected chi connectivity index (χ1v) is 4.69. The van der Waals surface area contributed by atoms with Gasteiger partial charge in [-0.2, -0.15) is 4.98 Å². The van der Waals surface area contributed by atoms with Gasteiger partial charge in [0.15, 0.2) is 0 Å². The number of benzene rings is 1. The zero-order valence-electron chi connectivity index (χ0n) is 8.75. The average molecular weight is 217 g/mol. The Morgan fingerprint density at radius 2 is 1.94 bits per heavy atom. The van der Waals surface area contributed by atoms with E-state index < -0.39 is 0 Å². The first-order chi connectivity index (χ1) is 7.79. The number of anilines is 1. The van der Waals surface area contributed by atoms with E-state index in [4.69, 9.17) is 15.2 Å². The van der Waals surface area contributed by atoms with Gasteiger partial charge in [0.2, 0.25) is 5.88 Å². The third kappa shape index (κ3) is 2.20. The van der Waals surface area contributed by atoms with E-state index in [-0.39, 0.29) is 6.01 Å². The molecule has 0 aliphatic carbocycles. The van der Waals surface area contributed by atoms with Gasteiger partial charge in [-0.1, -0.05) is 18.2 Å². The Morgan fingerprint density at radius 3 is 2.62 bits per heavy atom. The molecule has 0 aliphatic rings. The summed E-state index contributed by atoms with van der Waals surface area (Å²) in [5.41, 5.74) is 5.97. The maximum Gasteiger partial charge on any atom is 0.325 e. The molecule has 5 heteroatoms. The number of aromatic nitrogens is 2. The molecule has 0 radical (unpaired) electrons. The lowest BCUT2D eigenvalue weighted by Crippen LogP contribution is -1.99. The molecule has 0 amide bonds. The fraction of sp³-hybridized carbons (Fsp3) is 0.0909. The van der Waals surface area contributed by atoms with Crippen molar-refractivity contribution in [3.8, 4) is 17.6 Å². The predicted molar refractivity (Wildman–Crippen MR) is 59.5 cm³/mol. The molecule has 16 heavy (non-hydrogen) atoms. The first kappa shape index (κ1) is 10.2. The van der Waals surface area contributed by atoms with Gasteiger partial charge in [-0.15, -0.1) is 0 Å². The Bertz CT molecular complexity index is 474. The summed E-state index contributed by atoms with van der Waals surface area (Å²) in [4.78, 5) is 7.95. The van der Waals surface area contributed by atoms with E-state index >= 15 is 0 Å². The number of methoxy groups -OCH3 is 1. The average Bonchev–Trinajstić information content (AvgIpc) is 2.33. The number of nitrogen functional groups attached to an aromatic ring is 1. The summed E-state index contributed by atoms with van der Waals surface area (Å²) in [5, 5.41) is 0. The van der Waals surface area contributed by atoms with Crippen molar-refractivity contribution < 1.29 is 9.47 Å². The van der Waals surface area contributed by atoms with Crippen molar-refractivity contribution in [1.82, 2.24) is 9.97 Å². The molecule has 0 fully saturated rings. The summed E-state index contributed by atoms with van der Waals surface area (Å²) >= 11 is 0. The molecular formula is C11H11N3O2. The highest BCUT2D eigenvalue weighted by atomic mass is 16.5. The van der Waals surface area contributed by atoms with Crippen LogP contribution in [-0.4, -0.2) is 17.1 Å². The molecule has 2 N–H and O–H groups in total. The fourth-order valence-corrected chi connectivity index (χ4v) is 1.17. The van der Waals surface area contributed by atoms with E-state index in [1.54, 1.807) is 0 Å². The Hall–Kier alpha value is -2.30. The van der Waals surface area contributed by atoms with Crippen molar-refractivity contribution in [3.05, 3.63) is 36.5 Å². The minimum absolute atomic E-state index is 0.206. The van der Waals surface area contributed by atoms with E-state index in [9.17, 15) is 0 Å². The van der Waals surface area contributed by atoms with Crippen molar-refractivity contribution in [1.29, 1.82) is 0 Å². The van der Waals surface area contributed by atoms with Crippen LogP contribution in [0.3, 0.4) is 0 Å². The van der Waals surface area contributed by atoms with Crippen LogP contribution in [0.25, 0.3) is 0 Å². The molecule has 5 nitrogen and oxygen atoms in total. The Labute approximate surface area is 92.9 Å². The molecular weight excluding hydrogens is 206 g/mol. The zero-order valence-corrected chi connectivity index (χ0v) is 8.75. The monoisotopic (exact) mass is 217 g/mol. The third-order valence-corrected chi connectivity index (χ3v) is 1.90. The number of ether oxygens (including phenoxy) is 2. The molecule has 0 saturated carbocycles. The van der Waals surface area contributed by atoms with Crippen molar-refractivity contribution in [3.63, 3.8) is 0 Å². The van der Waals surface area contributed by atoms with E-state index in [0.717, 1.165) is 0 Å². The van der Waals surface area contributed by atoms with Crippen molar-refractivity contribution in [2.45, 2.75) is 0 Å². The summed E-state index contributed by atoms with van der Waals surface area (Å²) < 4.78 is 10.4. The Kier molecular flexibility index (Phi) is 2.86. The molecule has 0 unspecified atom stereocenters. The number of nitrogens with two attached hydrogens (primary N) is 1. The quantitative estimate of drug-likeness (QED) is 0.849. The molecule has 2 aromatic rings. The maximum absolute atomic E-state index is 5.59. The van der Waals surface area contributed by atoms with Crippen LogP contribution in [0, 0.1) is 0 Å². The molecule has 0 aliphatic heterocycles. The van der Waals surface area contributed by atoms with Crippen LogP contribution < -0.4 is 15.2 Å². The van der Waals surface area contributed by atoms with Gasteiger partial charge < -0.3 is 15.2 Å². The van der Waals surface area contributed by atoms with Gasteiger partial charge in [-0.25, -0.2) is 4.98 Å². The minimum Gasteiger partial charge on any atom is -0.479 e. The highest BCUT2D eigenvalue weighted by Crippen LogP contribution is 2.22. The van der Waals surface area contributed by atoms with Crippen LogP contribution in [-0.2, 0) is 0 Å². The van der Waals surface area contributed by atoms with Crippen LogP contribution >= 0.6 is 0 Å². The molecule has 0 saturated heterocycles. The van der Waals surface area contributed by atoms with Gasteiger partial charge in [-0.3, -0.25) is 0 Å². The molecule has 0 bridgehead atoms. The van der Waals surface area contributed by atoms with Gasteiger partial charge in [0.05, 0.1) is 13.3 Å². The Balaban J connectivity index is 2.22. The lowest BCUT2D eigenvalue weighted by Gasteiger charge is -2.06. The predicted octanol–water partition coefficient (Wildman–Crippen LogP) is 1.86. The molecule has 82 valence electrons. The van der Waals surface area contributed by atoms with Gasteiger partial charge in [-0.05, 0) is 12.1 Å². The van der Waals surface area contributed by atoms with E-state index in [0.29, 0.717) is 17.3 Å². The lowest BCUT2D eigenvalue weighted by molar-refractivity contribution is 0.378. The minimum atomic E-state index is 0.206. The second kappa shape index (κ2) is 4.48. The first-order valence-electron chi connectivity index (χ1n) is 4.69. The number of nitrogens with zero attached hydrogens (tertiary/aromatic N) is 2.